The molecule has 1 atom stereocenters. The first kappa shape index (κ1) is 25.5. The number of aliphatic hydroxyl groups is 1. The summed E-state index contributed by atoms with van der Waals surface area (Å²) in [5.74, 6) is 0.338. The third kappa shape index (κ3) is 6.15. The van der Waals surface area contributed by atoms with Gasteiger partial charge in [0, 0.05) is 45.8 Å². The molecule has 4 rings (SSSR count). The third-order valence-electron chi connectivity index (χ3n) is 5.98. The lowest BCUT2D eigenvalue weighted by Gasteiger charge is -2.37. The van der Waals surface area contributed by atoms with Crippen molar-refractivity contribution in [2.75, 3.05) is 70.5 Å². The molecule has 186 valence electrons. The monoisotopic (exact) mass is 529 g/mol. The normalized spacial score (nSPS) is 19.2. The highest BCUT2D eigenvalue weighted by atomic mass is 35.5. The van der Waals surface area contributed by atoms with E-state index in [-0.39, 0.29) is 16.5 Å². The summed E-state index contributed by atoms with van der Waals surface area (Å²) < 4.78 is 37.9. The number of benzene rings is 2. The molecule has 2 fully saturated rings. The molecule has 0 radical (unpaired) electrons. The summed E-state index contributed by atoms with van der Waals surface area (Å²) in [5.41, 5.74) is 1.03. The number of nitrogens with zero attached hydrogens (tertiary/aromatic N) is 3. The molecular formula is C23H29Cl2N3O5S. The number of aliphatic hydroxyl groups excluding tert-OH is 1. The van der Waals surface area contributed by atoms with Gasteiger partial charge in [-0.15, -0.1) is 0 Å². The van der Waals surface area contributed by atoms with Crippen LogP contribution in [0.4, 0.5) is 5.69 Å². The Hall–Kier alpha value is -1.59. The molecule has 0 aromatic heterocycles. The van der Waals surface area contributed by atoms with Crippen LogP contribution >= 0.6 is 23.2 Å². The average Bonchev–Trinajstić information content (AvgIpc) is 2.84. The highest BCUT2D eigenvalue weighted by Crippen LogP contribution is 2.29. The molecular weight excluding hydrogens is 501 g/mol. The third-order valence-corrected chi connectivity index (χ3v) is 8.49. The van der Waals surface area contributed by atoms with E-state index in [0.717, 1.165) is 36.9 Å². The van der Waals surface area contributed by atoms with Crippen molar-refractivity contribution < 1.29 is 23.0 Å². The van der Waals surface area contributed by atoms with Gasteiger partial charge in [-0.3, -0.25) is 4.90 Å². The maximum Gasteiger partial charge on any atom is 0.243 e. The molecule has 0 bridgehead atoms. The van der Waals surface area contributed by atoms with Crippen LogP contribution in [0.3, 0.4) is 0 Å². The summed E-state index contributed by atoms with van der Waals surface area (Å²) in [7, 11) is -3.63. The Labute approximate surface area is 210 Å². The smallest absolute Gasteiger partial charge is 0.243 e. The van der Waals surface area contributed by atoms with Crippen LogP contribution in [0.25, 0.3) is 0 Å². The number of hydrogen-bond donors (Lipinski definition) is 1. The highest BCUT2D eigenvalue weighted by molar-refractivity contribution is 7.89. The van der Waals surface area contributed by atoms with Gasteiger partial charge < -0.3 is 19.5 Å². The number of β-amino-alcohol motifs (C(OH)–C–C–N with tert-alkyl or cyclic N) is 1. The van der Waals surface area contributed by atoms with Crippen molar-refractivity contribution in [3.8, 4) is 5.75 Å². The van der Waals surface area contributed by atoms with Crippen LogP contribution in [0.1, 0.15) is 0 Å². The first-order chi connectivity index (χ1) is 16.3. The zero-order chi connectivity index (χ0) is 24.1. The fraction of sp³-hybridized carbons (Fsp3) is 0.478. The molecule has 0 amide bonds. The van der Waals surface area contributed by atoms with Crippen molar-refractivity contribution in [3.63, 3.8) is 0 Å². The highest BCUT2D eigenvalue weighted by Gasteiger charge is 2.27. The summed E-state index contributed by atoms with van der Waals surface area (Å²) in [5, 5.41) is 11.4. The van der Waals surface area contributed by atoms with Crippen molar-refractivity contribution in [2.24, 2.45) is 0 Å². The summed E-state index contributed by atoms with van der Waals surface area (Å²) in [6, 6.07) is 12.2. The lowest BCUT2D eigenvalue weighted by atomic mass is 10.2. The number of anilines is 1. The van der Waals surface area contributed by atoms with Gasteiger partial charge in [0.05, 0.1) is 33.8 Å². The second kappa shape index (κ2) is 11.4. The number of sulfonamides is 1. The van der Waals surface area contributed by atoms with Gasteiger partial charge in [0.15, 0.2) is 0 Å². The van der Waals surface area contributed by atoms with Gasteiger partial charge in [-0.25, -0.2) is 8.42 Å². The maximum atomic E-state index is 12.8. The van der Waals surface area contributed by atoms with E-state index >= 15 is 0 Å². The van der Waals surface area contributed by atoms with E-state index in [2.05, 4.69) is 9.80 Å². The number of para-hydroxylation sites is 1. The molecule has 0 saturated carbocycles. The fourth-order valence-corrected chi connectivity index (χ4v) is 6.10. The number of morpholine rings is 1. The van der Waals surface area contributed by atoms with Crippen molar-refractivity contribution >= 4 is 38.9 Å². The van der Waals surface area contributed by atoms with Crippen molar-refractivity contribution in [1.82, 2.24) is 9.21 Å². The van der Waals surface area contributed by atoms with Crippen LogP contribution in [0.15, 0.2) is 47.4 Å². The average molecular weight is 530 g/mol. The van der Waals surface area contributed by atoms with E-state index in [1.165, 1.54) is 22.5 Å². The minimum absolute atomic E-state index is 0.0556. The summed E-state index contributed by atoms with van der Waals surface area (Å²) >= 11 is 12.6. The topological polar surface area (TPSA) is 82.5 Å². The molecule has 0 aliphatic carbocycles. The first-order valence-electron chi connectivity index (χ1n) is 11.2. The second-order valence-corrected chi connectivity index (χ2v) is 11.1. The Morgan fingerprint density at radius 3 is 2.35 bits per heavy atom. The molecule has 8 nitrogen and oxygen atoms in total. The quantitative estimate of drug-likeness (QED) is 0.562. The molecule has 2 aromatic carbocycles. The molecule has 0 spiro atoms. The Morgan fingerprint density at radius 2 is 1.68 bits per heavy atom. The standard InChI is InChI=1S/C23H29Cl2N3O5S/c24-20-3-1-2-4-22(20)27-9-7-26(8-10-27)16-18(29)17-33-23-6-5-19(15-21(23)25)34(30,31)28-11-13-32-14-12-28/h1-6,15,18,29H,7-14,16-17H2/t18-/m0/s1. The number of piperazine rings is 1. The molecule has 2 saturated heterocycles. The van der Waals surface area contributed by atoms with Crippen LogP contribution in [0.2, 0.25) is 10.0 Å². The van der Waals surface area contributed by atoms with Gasteiger partial charge in [-0.1, -0.05) is 35.3 Å². The zero-order valence-corrected chi connectivity index (χ0v) is 21.1. The van der Waals surface area contributed by atoms with Gasteiger partial charge in [-0.2, -0.15) is 4.31 Å². The van der Waals surface area contributed by atoms with E-state index in [1.807, 2.05) is 24.3 Å². The van der Waals surface area contributed by atoms with Crippen molar-refractivity contribution in [1.29, 1.82) is 0 Å². The Balaban J connectivity index is 1.26. The predicted octanol–water partition coefficient (Wildman–Crippen LogP) is 2.58. The van der Waals surface area contributed by atoms with Crippen LogP contribution in [0.5, 0.6) is 5.75 Å². The van der Waals surface area contributed by atoms with Gasteiger partial charge in [0.2, 0.25) is 10.0 Å². The maximum absolute atomic E-state index is 12.8. The number of halogens is 2. The SMILES string of the molecule is O=S(=O)(c1ccc(OC[C@@H](O)CN2CCN(c3ccccc3Cl)CC2)c(Cl)c1)N1CCOCC1. The Bertz CT molecular complexity index is 1070. The second-order valence-electron chi connectivity index (χ2n) is 8.31. The lowest BCUT2D eigenvalue weighted by molar-refractivity contribution is 0.0663. The summed E-state index contributed by atoms with van der Waals surface area (Å²) in [6.07, 6.45) is -0.709. The van der Waals surface area contributed by atoms with E-state index in [9.17, 15) is 13.5 Å². The molecule has 1 N–H and O–H groups in total. The van der Waals surface area contributed by atoms with Gasteiger partial charge >= 0.3 is 0 Å². The number of hydrogen-bond acceptors (Lipinski definition) is 7. The Morgan fingerprint density at radius 1 is 0.971 bits per heavy atom. The largest absolute Gasteiger partial charge is 0.489 e. The number of rotatable bonds is 8. The van der Waals surface area contributed by atoms with Crippen molar-refractivity contribution in [3.05, 3.63) is 52.5 Å². The van der Waals surface area contributed by atoms with E-state index in [4.69, 9.17) is 32.7 Å². The summed E-state index contributed by atoms with van der Waals surface area (Å²) in [4.78, 5) is 4.54. The fourth-order valence-electron chi connectivity index (χ4n) is 4.11. The predicted molar refractivity (Wildman–Crippen MR) is 133 cm³/mol. The van der Waals surface area contributed by atoms with E-state index in [0.29, 0.717) is 38.6 Å². The molecule has 2 aliphatic heterocycles. The van der Waals surface area contributed by atoms with Crippen LogP contribution < -0.4 is 9.64 Å². The minimum Gasteiger partial charge on any atom is -0.489 e. The molecule has 0 unspecified atom stereocenters. The summed E-state index contributed by atoms with van der Waals surface area (Å²) in [6.45, 7) is 5.16. The van der Waals surface area contributed by atoms with Gasteiger partial charge in [-0.05, 0) is 30.3 Å². The number of ether oxygens (including phenoxy) is 2. The first-order valence-corrected chi connectivity index (χ1v) is 13.4. The molecule has 2 heterocycles. The van der Waals surface area contributed by atoms with Crippen LogP contribution in [0, 0.1) is 0 Å². The molecule has 34 heavy (non-hydrogen) atoms. The van der Waals surface area contributed by atoms with Crippen LogP contribution in [-0.2, 0) is 14.8 Å². The van der Waals surface area contributed by atoms with E-state index < -0.39 is 16.1 Å². The Kier molecular flexibility index (Phi) is 8.57. The molecule has 2 aliphatic rings. The lowest BCUT2D eigenvalue weighted by Crippen LogP contribution is -2.49. The van der Waals surface area contributed by atoms with Crippen molar-refractivity contribution in [2.45, 2.75) is 11.0 Å². The zero-order valence-electron chi connectivity index (χ0n) is 18.8. The van der Waals surface area contributed by atoms with E-state index in [1.54, 1.807) is 0 Å². The minimum atomic E-state index is -3.63. The molecule has 11 heteroatoms. The van der Waals surface area contributed by atoms with Gasteiger partial charge in [0.25, 0.3) is 0 Å². The van der Waals surface area contributed by atoms with Gasteiger partial charge in [0.1, 0.15) is 18.5 Å². The van der Waals surface area contributed by atoms with Crippen LogP contribution in [-0.4, -0.2) is 94.5 Å². The molecule has 2 aromatic rings.